The van der Waals surface area contributed by atoms with Crippen LogP contribution in [-0.4, -0.2) is 12.2 Å². The summed E-state index contributed by atoms with van der Waals surface area (Å²) < 4.78 is 11.5. The normalized spacial score (nSPS) is 12.0. The third-order valence-corrected chi connectivity index (χ3v) is 3.53. The molecule has 0 aliphatic heterocycles. The number of anilines is 1. The van der Waals surface area contributed by atoms with E-state index in [1.807, 2.05) is 50.2 Å². The zero-order valence-electron chi connectivity index (χ0n) is 14.5. The average molecular weight is 313 g/mol. The Morgan fingerprint density at radius 1 is 0.913 bits per heavy atom. The molecule has 2 aromatic carbocycles. The molecule has 0 aliphatic carbocycles. The number of nitrogens with one attached hydrogen (secondary N) is 1. The lowest BCUT2D eigenvalue weighted by molar-refractivity contribution is 0.217. The Kier molecular flexibility index (Phi) is 6.33. The molecule has 0 bridgehead atoms. The third-order valence-electron chi connectivity index (χ3n) is 3.53. The second kappa shape index (κ2) is 8.47. The number of ether oxygens (including phenoxy) is 2. The van der Waals surface area contributed by atoms with Crippen molar-refractivity contribution in [2.24, 2.45) is 0 Å². The van der Waals surface area contributed by atoms with E-state index in [-0.39, 0.29) is 12.2 Å². The summed E-state index contributed by atoms with van der Waals surface area (Å²) >= 11 is 0. The maximum absolute atomic E-state index is 5.79. The summed E-state index contributed by atoms with van der Waals surface area (Å²) in [6.45, 7) is 9.04. The van der Waals surface area contributed by atoms with Gasteiger partial charge in [-0.15, -0.1) is 0 Å². The van der Waals surface area contributed by atoms with E-state index in [2.05, 4.69) is 31.3 Å². The first kappa shape index (κ1) is 17.2. The van der Waals surface area contributed by atoms with E-state index in [9.17, 15) is 0 Å². The Morgan fingerprint density at radius 3 is 2.30 bits per heavy atom. The molecule has 0 heterocycles. The van der Waals surface area contributed by atoms with Crippen molar-refractivity contribution in [1.29, 1.82) is 0 Å². The Morgan fingerprint density at radius 2 is 1.65 bits per heavy atom. The molecule has 1 unspecified atom stereocenters. The van der Waals surface area contributed by atoms with Gasteiger partial charge in [0.2, 0.25) is 0 Å². The van der Waals surface area contributed by atoms with Crippen LogP contribution in [0.4, 0.5) is 5.69 Å². The van der Waals surface area contributed by atoms with Crippen LogP contribution >= 0.6 is 0 Å². The molecule has 0 saturated carbocycles. The highest BCUT2D eigenvalue weighted by atomic mass is 16.5. The van der Waals surface area contributed by atoms with Crippen molar-refractivity contribution in [2.45, 2.75) is 52.9 Å². The van der Waals surface area contributed by atoms with E-state index in [1.165, 1.54) is 5.56 Å². The minimum absolute atomic E-state index is 0.191. The van der Waals surface area contributed by atoms with Crippen LogP contribution in [0.2, 0.25) is 0 Å². The molecule has 0 saturated heterocycles. The van der Waals surface area contributed by atoms with Gasteiger partial charge in [0, 0.05) is 12.2 Å². The van der Waals surface area contributed by atoms with Crippen LogP contribution < -0.4 is 14.8 Å². The maximum Gasteiger partial charge on any atom is 0.120 e. The molecule has 124 valence electrons. The number of benzene rings is 2. The largest absolute Gasteiger partial charge is 0.491 e. The smallest absolute Gasteiger partial charge is 0.120 e. The van der Waals surface area contributed by atoms with Crippen LogP contribution in [0.5, 0.6) is 11.5 Å². The summed E-state index contributed by atoms with van der Waals surface area (Å²) in [5.74, 6) is 1.83. The molecule has 3 heteroatoms. The SMILES string of the molecule is CCC(C)Oc1ccc(NCc2cccc(OC(C)C)c2)cc1. The lowest BCUT2D eigenvalue weighted by Crippen LogP contribution is -2.09. The van der Waals surface area contributed by atoms with Gasteiger partial charge < -0.3 is 14.8 Å². The summed E-state index contributed by atoms with van der Waals surface area (Å²) in [6, 6.07) is 16.3. The molecule has 23 heavy (non-hydrogen) atoms. The van der Waals surface area contributed by atoms with E-state index in [0.717, 1.165) is 30.2 Å². The highest BCUT2D eigenvalue weighted by molar-refractivity contribution is 5.47. The van der Waals surface area contributed by atoms with Crippen molar-refractivity contribution in [3.63, 3.8) is 0 Å². The van der Waals surface area contributed by atoms with E-state index < -0.39 is 0 Å². The second-order valence-electron chi connectivity index (χ2n) is 6.03. The molecular weight excluding hydrogens is 286 g/mol. The van der Waals surface area contributed by atoms with E-state index in [0.29, 0.717) is 0 Å². The van der Waals surface area contributed by atoms with Crippen LogP contribution in [0.3, 0.4) is 0 Å². The molecule has 0 aliphatic rings. The Labute approximate surface area is 139 Å². The Bertz CT molecular complexity index is 593. The Hall–Kier alpha value is -2.16. The zero-order chi connectivity index (χ0) is 16.7. The van der Waals surface area contributed by atoms with Crippen LogP contribution in [0, 0.1) is 0 Å². The molecule has 1 atom stereocenters. The number of rotatable bonds is 8. The maximum atomic E-state index is 5.79. The predicted molar refractivity (Wildman–Crippen MR) is 96.4 cm³/mol. The molecule has 2 aromatic rings. The first-order chi connectivity index (χ1) is 11.1. The summed E-state index contributed by atoms with van der Waals surface area (Å²) in [5, 5.41) is 3.42. The average Bonchev–Trinajstić information content (AvgIpc) is 2.54. The first-order valence-electron chi connectivity index (χ1n) is 8.33. The topological polar surface area (TPSA) is 30.5 Å². The van der Waals surface area contributed by atoms with E-state index >= 15 is 0 Å². The lowest BCUT2D eigenvalue weighted by Gasteiger charge is -2.14. The zero-order valence-corrected chi connectivity index (χ0v) is 14.5. The highest BCUT2D eigenvalue weighted by Gasteiger charge is 2.02. The highest BCUT2D eigenvalue weighted by Crippen LogP contribution is 2.19. The van der Waals surface area contributed by atoms with Gasteiger partial charge in [0.15, 0.2) is 0 Å². The Balaban J connectivity index is 1.90. The van der Waals surface area contributed by atoms with Gasteiger partial charge in [-0.25, -0.2) is 0 Å². The summed E-state index contributed by atoms with van der Waals surface area (Å²) in [5.41, 5.74) is 2.28. The molecule has 1 N–H and O–H groups in total. The van der Waals surface area contributed by atoms with Gasteiger partial charge in [0.25, 0.3) is 0 Å². The third kappa shape index (κ3) is 5.85. The van der Waals surface area contributed by atoms with Gasteiger partial charge in [-0.2, -0.15) is 0 Å². The van der Waals surface area contributed by atoms with E-state index in [1.54, 1.807) is 0 Å². The number of hydrogen-bond donors (Lipinski definition) is 1. The fourth-order valence-corrected chi connectivity index (χ4v) is 2.17. The van der Waals surface area contributed by atoms with E-state index in [4.69, 9.17) is 9.47 Å². The minimum Gasteiger partial charge on any atom is -0.491 e. The molecule has 0 amide bonds. The van der Waals surface area contributed by atoms with Gasteiger partial charge >= 0.3 is 0 Å². The van der Waals surface area contributed by atoms with Gasteiger partial charge in [0.05, 0.1) is 12.2 Å². The van der Waals surface area contributed by atoms with Gasteiger partial charge in [-0.05, 0) is 69.2 Å². The van der Waals surface area contributed by atoms with Crippen LogP contribution in [-0.2, 0) is 6.54 Å². The molecule has 3 nitrogen and oxygen atoms in total. The molecule has 0 aromatic heterocycles. The van der Waals surface area contributed by atoms with Crippen LogP contribution in [0.25, 0.3) is 0 Å². The fourth-order valence-electron chi connectivity index (χ4n) is 2.17. The second-order valence-corrected chi connectivity index (χ2v) is 6.03. The molecule has 0 radical (unpaired) electrons. The molecule has 0 fully saturated rings. The lowest BCUT2D eigenvalue weighted by atomic mass is 10.2. The van der Waals surface area contributed by atoms with Gasteiger partial charge in [-0.3, -0.25) is 0 Å². The molecule has 0 spiro atoms. The quantitative estimate of drug-likeness (QED) is 0.720. The summed E-state index contributed by atoms with van der Waals surface area (Å²) in [4.78, 5) is 0. The summed E-state index contributed by atoms with van der Waals surface area (Å²) in [6.07, 6.45) is 1.45. The standard InChI is InChI=1S/C20H27NO2/c1-5-16(4)23-19-11-9-18(10-12-19)21-14-17-7-6-8-20(13-17)22-15(2)3/h6-13,15-16,21H,5,14H2,1-4H3. The fraction of sp³-hybridized carbons (Fsp3) is 0.400. The number of hydrogen-bond acceptors (Lipinski definition) is 3. The van der Waals surface area contributed by atoms with Crippen molar-refractivity contribution in [1.82, 2.24) is 0 Å². The van der Waals surface area contributed by atoms with Crippen LogP contribution in [0.15, 0.2) is 48.5 Å². The van der Waals surface area contributed by atoms with Gasteiger partial charge in [-0.1, -0.05) is 19.1 Å². The predicted octanol–water partition coefficient (Wildman–Crippen LogP) is 5.26. The van der Waals surface area contributed by atoms with Crippen molar-refractivity contribution < 1.29 is 9.47 Å². The summed E-state index contributed by atoms with van der Waals surface area (Å²) in [7, 11) is 0. The minimum atomic E-state index is 0.191. The molecular formula is C20H27NO2. The molecule has 2 rings (SSSR count). The van der Waals surface area contributed by atoms with Crippen molar-refractivity contribution >= 4 is 5.69 Å². The monoisotopic (exact) mass is 313 g/mol. The van der Waals surface area contributed by atoms with Crippen molar-refractivity contribution in [2.75, 3.05) is 5.32 Å². The van der Waals surface area contributed by atoms with Gasteiger partial charge in [0.1, 0.15) is 11.5 Å². The van der Waals surface area contributed by atoms with Crippen LogP contribution in [0.1, 0.15) is 39.7 Å². The first-order valence-corrected chi connectivity index (χ1v) is 8.33. The van der Waals surface area contributed by atoms with Crippen molar-refractivity contribution in [3.8, 4) is 11.5 Å². The van der Waals surface area contributed by atoms with Crippen molar-refractivity contribution in [3.05, 3.63) is 54.1 Å².